The molecule has 0 radical (unpaired) electrons. The fraction of sp³-hybridized carbons (Fsp3) is 0.273. The number of nitrogens with one attached hydrogen (secondary N) is 1. The average Bonchev–Trinajstić information content (AvgIpc) is 2.30. The molecule has 0 spiro atoms. The summed E-state index contributed by atoms with van der Waals surface area (Å²) < 4.78 is 25.3. The van der Waals surface area contributed by atoms with Crippen LogP contribution in [0, 0.1) is 0 Å². The first-order valence-electron chi connectivity index (χ1n) is 5.19. The number of aromatic nitrogens is 1. The molecule has 1 aromatic rings. The second-order valence-electron chi connectivity index (χ2n) is 3.35. The van der Waals surface area contributed by atoms with Gasteiger partial charge in [0.05, 0.1) is 0 Å². The van der Waals surface area contributed by atoms with E-state index in [1.165, 1.54) is 30.6 Å². The Bertz CT molecular complexity index is 495. The highest BCUT2D eigenvalue weighted by Gasteiger charge is 2.15. The number of carbonyl (C=O) groups is 1. The number of rotatable bonds is 5. The molecule has 0 fully saturated rings. The molecule has 0 aromatic carbocycles. The highest BCUT2D eigenvalue weighted by molar-refractivity contribution is 7.90. The van der Waals surface area contributed by atoms with Crippen LogP contribution in [0.4, 0.5) is 0 Å². The zero-order chi connectivity index (χ0) is 12.7. The highest BCUT2D eigenvalue weighted by atomic mass is 32.2. The predicted molar refractivity (Wildman–Crippen MR) is 63.6 cm³/mol. The number of hydrogen-bond donors (Lipinski definition) is 1. The van der Waals surface area contributed by atoms with E-state index in [9.17, 15) is 13.2 Å². The van der Waals surface area contributed by atoms with Gasteiger partial charge in [0.15, 0.2) is 0 Å². The van der Waals surface area contributed by atoms with Crippen molar-refractivity contribution in [1.29, 1.82) is 0 Å². The van der Waals surface area contributed by atoms with Crippen LogP contribution < -0.4 is 4.72 Å². The van der Waals surface area contributed by atoms with Gasteiger partial charge in [-0.1, -0.05) is 19.4 Å². The van der Waals surface area contributed by atoms with E-state index in [1.54, 1.807) is 6.08 Å². The van der Waals surface area contributed by atoms with Crippen molar-refractivity contribution in [3.8, 4) is 0 Å². The fourth-order valence-corrected chi connectivity index (χ4v) is 2.00. The zero-order valence-electron chi connectivity index (χ0n) is 9.46. The normalized spacial score (nSPS) is 11.6. The van der Waals surface area contributed by atoms with Gasteiger partial charge < -0.3 is 0 Å². The van der Waals surface area contributed by atoms with Crippen molar-refractivity contribution < 1.29 is 13.2 Å². The van der Waals surface area contributed by atoms with E-state index in [0.29, 0.717) is 0 Å². The first-order chi connectivity index (χ1) is 8.06. The molecule has 5 nitrogen and oxygen atoms in total. The van der Waals surface area contributed by atoms with Gasteiger partial charge in [0.1, 0.15) is 4.90 Å². The Hall–Kier alpha value is -1.69. The third kappa shape index (κ3) is 4.36. The van der Waals surface area contributed by atoms with Crippen LogP contribution in [0.1, 0.15) is 19.8 Å². The van der Waals surface area contributed by atoms with Crippen molar-refractivity contribution in [2.45, 2.75) is 24.7 Å². The molecular weight excluding hydrogens is 240 g/mol. The van der Waals surface area contributed by atoms with Gasteiger partial charge in [-0.05, 0) is 24.6 Å². The van der Waals surface area contributed by atoms with Gasteiger partial charge in [0.2, 0.25) is 0 Å². The van der Waals surface area contributed by atoms with Gasteiger partial charge >= 0.3 is 0 Å². The topological polar surface area (TPSA) is 76.1 Å². The Kier molecular flexibility index (Phi) is 4.84. The lowest BCUT2D eigenvalue weighted by molar-refractivity contribution is -0.114. The maximum Gasteiger partial charge on any atom is 0.265 e. The van der Waals surface area contributed by atoms with Crippen LogP contribution in [0.25, 0.3) is 0 Å². The van der Waals surface area contributed by atoms with Crippen LogP contribution in [0.15, 0.2) is 41.6 Å². The molecule has 1 rings (SSSR count). The monoisotopic (exact) mass is 254 g/mol. The number of unbranched alkanes of at least 4 members (excludes halogenated alkanes) is 1. The van der Waals surface area contributed by atoms with Crippen molar-refractivity contribution in [2.75, 3.05) is 0 Å². The van der Waals surface area contributed by atoms with E-state index in [4.69, 9.17) is 0 Å². The maximum absolute atomic E-state index is 11.7. The molecule has 1 aromatic heterocycles. The van der Waals surface area contributed by atoms with Gasteiger partial charge in [-0.15, -0.1) is 0 Å². The molecule has 0 aliphatic heterocycles. The quantitative estimate of drug-likeness (QED) is 0.802. The predicted octanol–water partition coefficient (Wildman–Crippen LogP) is 1.24. The molecule has 1 N–H and O–H groups in total. The summed E-state index contributed by atoms with van der Waals surface area (Å²) in [5.41, 5.74) is 0. The molecule has 0 unspecified atom stereocenters. The summed E-state index contributed by atoms with van der Waals surface area (Å²) in [7, 11) is -3.81. The van der Waals surface area contributed by atoms with Crippen molar-refractivity contribution >= 4 is 15.9 Å². The molecule has 0 aliphatic carbocycles. The smallest absolute Gasteiger partial charge is 0.265 e. The van der Waals surface area contributed by atoms with E-state index >= 15 is 0 Å². The number of nitrogens with zero attached hydrogens (tertiary/aromatic N) is 1. The molecule has 0 saturated carbocycles. The molecule has 0 bridgehead atoms. The van der Waals surface area contributed by atoms with E-state index in [2.05, 4.69) is 4.98 Å². The minimum atomic E-state index is -3.81. The van der Waals surface area contributed by atoms with Crippen molar-refractivity contribution in [2.24, 2.45) is 0 Å². The molecule has 17 heavy (non-hydrogen) atoms. The number of hydrogen-bond acceptors (Lipinski definition) is 4. The van der Waals surface area contributed by atoms with Gasteiger partial charge in [-0.2, -0.15) is 0 Å². The lowest BCUT2D eigenvalue weighted by Gasteiger charge is -2.03. The third-order valence-corrected chi connectivity index (χ3v) is 3.24. The Balaban J connectivity index is 2.71. The number of sulfonamides is 1. The highest BCUT2D eigenvalue weighted by Crippen LogP contribution is 2.05. The molecule has 92 valence electrons. The molecule has 6 heteroatoms. The molecule has 1 heterocycles. The first kappa shape index (κ1) is 13.4. The van der Waals surface area contributed by atoms with Crippen LogP contribution in [0.2, 0.25) is 0 Å². The van der Waals surface area contributed by atoms with E-state index in [-0.39, 0.29) is 4.90 Å². The molecular formula is C11H14N2O3S. The average molecular weight is 254 g/mol. The number of amides is 1. The molecule has 0 atom stereocenters. The van der Waals surface area contributed by atoms with Crippen LogP contribution in [0.5, 0.6) is 0 Å². The number of allylic oxidation sites excluding steroid dienone is 1. The van der Waals surface area contributed by atoms with Crippen LogP contribution >= 0.6 is 0 Å². The first-order valence-corrected chi connectivity index (χ1v) is 6.68. The SMILES string of the molecule is CCC/C=C\C(=O)NS(=O)(=O)c1cccnc1. The van der Waals surface area contributed by atoms with Crippen molar-refractivity contribution in [1.82, 2.24) is 9.71 Å². The summed E-state index contributed by atoms with van der Waals surface area (Å²) in [4.78, 5) is 15.0. The minimum Gasteiger partial charge on any atom is -0.269 e. The Morgan fingerprint density at radius 1 is 1.53 bits per heavy atom. The lowest BCUT2D eigenvalue weighted by atomic mass is 10.3. The van der Waals surface area contributed by atoms with E-state index in [1.807, 2.05) is 11.6 Å². The van der Waals surface area contributed by atoms with Gasteiger partial charge in [0, 0.05) is 12.4 Å². The third-order valence-electron chi connectivity index (χ3n) is 1.90. The van der Waals surface area contributed by atoms with Crippen LogP contribution in [0.3, 0.4) is 0 Å². The Labute approximate surface area is 101 Å². The van der Waals surface area contributed by atoms with Crippen molar-refractivity contribution in [3.05, 3.63) is 36.7 Å². The Morgan fingerprint density at radius 3 is 2.88 bits per heavy atom. The second kappa shape index (κ2) is 6.15. The van der Waals surface area contributed by atoms with Gasteiger partial charge in [-0.25, -0.2) is 13.1 Å². The van der Waals surface area contributed by atoms with Gasteiger partial charge in [-0.3, -0.25) is 9.78 Å². The lowest BCUT2D eigenvalue weighted by Crippen LogP contribution is -2.29. The van der Waals surface area contributed by atoms with Crippen molar-refractivity contribution in [3.63, 3.8) is 0 Å². The van der Waals surface area contributed by atoms with E-state index < -0.39 is 15.9 Å². The standard InChI is InChI=1S/C11H14N2O3S/c1-2-3-4-7-11(14)13-17(15,16)10-6-5-8-12-9-10/h4-9H,2-3H2,1H3,(H,13,14)/b7-4-. The summed E-state index contributed by atoms with van der Waals surface area (Å²) in [6.07, 6.45) is 7.14. The summed E-state index contributed by atoms with van der Waals surface area (Å²) in [5, 5.41) is 0. The summed E-state index contributed by atoms with van der Waals surface area (Å²) in [6.45, 7) is 1.97. The van der Waals surface area contributed by atoms with Crippen LogP contribution in [-0.2, 0) is 14.8 Å². The van der Waals surface area contributed by atoms with E-state index in [0.717, 1.165) is 12.8 Å². The summed E-state index contributed by atoms with van der Waals surface area (Å²) in [6, 6.07) is 2.87. The summed E-state index contributed by atoms with van der Waals surface area (Å²) in [5.74, 6) is -0.651. The van der Waals surface area contributed by atoms with Crippen LogP contribution in [-0.4, -0.2) is 19.3 Å². The molecule has 1 amide bonds. The minimum absolute atomic E-state index is 0.0303. The Morgan fingerprint density at radius 2 is 2.29 bits per heavy atom. The fourth-order valence-electron chi connectivity index (χ4n) is 1.09. The zero-order valence-corrected chi connectivity index (χ0v) is 10.3. The number of carbonyl (C=O) groups excluding carboxylic acids is 1. The largest absolute Gasteiger partial charge is 0.269 e. The molecule has 0 saturated heterocycles. The van der Waals surface area contributed by atoms with Gasteiger partial charge in [0.25, 0.3) is 15.9 Å². The summed E-state index contributed by atoms with van der Waals surface area (Å²) >= 11 is 0. The number of pyridine rings is 1. The maximum atomic E-state index is 11.7. The molecule has 0 aliphatic rings. The second-order valence-corrected chi connectivity index (χ2v) is 5.03.